The number of hydrogen-bond donors (Lipinski definition) is 1. The first-order valence-corrected chi connectivity index (χ1v) is 12.6. The van der Waals surface area contributed by atoms with Crippen LogP contribution in [0.3, 0.4) is 0 Å². The number of halogens is 1. The van der Waals surface area contributed by atoms with E-state index in [0.29, 0.717) is 15.1 Å². The third-order valence-corrected chi connectivity index (χ3v) is 7.57. The predicted octanol–water partition coefficient (Wildman–Crippen LogP) is 2.75. The Morgan fingerprint density at radius 1 is 1.28 bits per heavy atom. The van der Waals surface area contributed by atoms with Crippen LogP contribution in [0.15, 0.2) is 40.2 Å². The van der Waals surface area contributed by atoms with Crippen LogP contribution >= 0.6 is 11.3 Å². The highest BCUT2D eigenvalue weighted by atomic mass is 32.1. The van der Waals surface area contributed by atoms with E-state index < -0.39 is 34.7 Å². The number of ether oxygens (including phenoxy) is 2. The first-order valence-electron chi connectivity index (χ1n) is 11.7. The second kappa shape index (κ2) is 10.8. The molecule has 14 heteroatoms. The van der Waals surface area contributed by atoms with Crippen molar-refractivity contribution in [3.05, 3.63) is 68.4 Å². The first-order chi connectivity index (χ1) is 18.5. The van der Waals surface area contributed by atoms with E-state index in [1.807, 2.05) is 6.07 Å². The fourth-order valence-electron chi connectivity index (χ4n) is 4.21. The zero-order valence-electron chi connectivity index (χ0n) is 21.5. The number of aryl methyl sites for hydroxylation is 1. The van der Waals surface area contributed by atoms with Gasteiger partial charge in [-0.1, -0.05) is 11.3 Å². The Kier molecular flexibility index (Phi) is 7.66. The Morgan fingerprint density at radius 3 is 2.59 bits per heavy atom. The third kappa shape index (κ3) is 4.93. The lowest BCUT2D eigenvalue weighted by molar-refractivity contribution is -0.146. The van der Waals surface area contributed by atoms with Crippen LogP contribution in [-0.2, 0) is 21.6 Å². The second-order valence-corrected chi connectivity index (χ2v) is 10.1. The lowest BCUT2D eigenvalue weighted by Crippen LogP contribution is -2.52. The van der Waals surface area contributed by atoms with Crippen molar-refractivity contribution < 1.29 is 23.8 Å². The van der Waals surface area contributed by atoms with Crippen molar-refractivity contribution in [3.8, 4) is 16.8 Å². The fraction of sp³-hybridized carbons (Fsp3) is 0.360. The van der Waals surface area contributed by atoms with Crippen molar-refractivity contribution >= 4 is 27.5 Å². The van der Waals surface area contributed by atoms with E-state index in [-0.39, 0.29) is 41.1 Å². The molecule has 0 spiro atoms. The van der Waals surface area contributed by atoms with Crippen LogP contribution in [0.4, 0.5) is 4.39 Å². The molecule has 1 aromatic carbocycles. The number of aromatic nitrogens is 5. The Hall–Kier alpha value is -4.35. The third-order valence-electron chi connectivity index (χ3n) is 6.29. The number of nitriles is 1. The Labute approximate surface area is 225 Å². The number of carbonyl (C=O) groups is 1. The van der Waals surface area contributed by atoms with E-state index in [1.165, 1.54) is 60.9 Å². The van der Waals surface area contributed by atoms with Gasteiger partial charge in [0.1, 0.15) is 33.0 Å². The first kappa shape index (κ1) is 27.7. The van der Waals surface area contributed by atoms with Crippen LogP contribution in [0.25, 0.3) is 15.2 Å². The van der Waals surface area contributed by atoms with E-state index in [1.54, 1.807) is 6.92 Å². The summed E-state index contributed by atoms with van der Waals surface area (Å²) in [5, 5.41) is 27.7. The van der Waals surface area contributed by atoms with Gasteiger partial charge in [0, 0.05) is 11.1 Å². The highest BCUT2D eigenvalue weighted by Crippen LogP contribution is 2.34. The van der Waals surface area contributed by atoms with Crippen molar-refractivity contribution in [3.63, 3.8) is 0 Å². The molecular weight excluding hydrogens is 531 g/mol. The average Bonchev–Trinajstić information content (AvgIpc) is 3.53. The molecule has 0 aliphatic carbocycles. The van der Waals surface area contributed by atoms with Crippen LogP contribution in [0.1, 0.15) is 37.5 Å². The van der Waals surface area contributed by atoms with E-state index in [0.717, 1.165) is 11.3 Å². The number of rotatable bonds is 10. The number of aliphatic carboxylic acids is 1. The summed E-state index contributed by atoms with van der Waals surface area (Å²) in [7, 11) is 1.40. The second-order valence-electron chi connectivity index (χ2n) is 9.08. The normalized spacial score (nSPS) is 12.4. The van der Waals surface area contributed by atoms with Crippen molar-refractivity contribution in [1.29, 1.82) is 5.26 Å². The summed E-state index contributed by atoms with van der Waals surface area (Å²) in [5.74, 6) is -1.68. The quantitative estimate of drug-likeness (QED) is 0.290. The van der Waals surface area contributed by atoms with Gasteiger partial charge in [-0.2, -0.15) is 15.5 Å². The van der Waals surface area contributed by atoms with Crippen molar-refractivity contribution in [2.45, 2.75) is 45.4 Å². The molecule has 4 aromatic rings. The molecule has 12 nitrogen and oxygen atoms in total. The molecule has 0 amide bonds. The summed E-state index contributed by atoms with van der Waals surface area (Å²) in [6, 6.07) is 5.79. The smallest absolute Gasteiger partial charge is 0.333 e. The van der Waals surface area contributed by atoms with Crippen LogP contribution in [0, 0.1) is 24.1 Å². The van der Waals surface area contributed by atoms with Gasteiger partial charge in [0.2, 0.25) is 0 Å². The molecule has 3 aromatic heterocycles. The van der Waals surface area contributed by atoms with Gasteiger partial charge in [0.05, 0.1) is 50.5 Å². The SMILES string of the molecule is COc1ccc(F)cc1C(Cn1c(=O)n(C(C)(C)C(=O)O)c(=O)c2c(C)c(-n3nccn3)sc21)OCCC#N. The Morgan fingerprint density at radius 2 is 1.97 bits per heavy atom. The Bertz CT molecular complexity index is 1700. The molecule has 1 atom stereocenters. The van der Waals surface area contributed by atoms with Crippen molar-refractivity contribution in [2.24, 2.45) is 0 Å². The topological polar surface area (TPSA) is 154 Å². The zero-order valence-corrected chi connectivity index (χ0v) is 22.4. The number of nitrogens with zero attached hydrogens (tertiary/aromatic N) is 6. The van der Waals surface area contributed by atoms with E-state index in [2.05, 4.69) is 10.2 Å². The zero-order chi connectivity index (χ0) is 28.5. The highest BCUT2D eigenvalue weighted by molar-refractivity contribution is 7.21. The number of carboxylic acids is 1. The standard InChI is InChI=1S/C25H25FN6O6S/c1-14-19-20(33)31(25(2,3)23(34)35)24(36)30(22(19)39-21(14)32-28-9-10-29-32)13-18(38-11-5-8-27)16-12-15(26)6-7-17(16)37-4/h6-7,9-10,12,18H,5,11,13H2,1-4H3,(H,34,35). The maximum Gasteiger partial charge on any atom is 0.333 e. The van der Waals surface area contributed by atoms with Crippen molar-refractivity contribution in [2.75, 3.05) is 13.7 Å². The molecule has 0 bridgehead atoms. The molecule has 0 radical (unpaired) electrons. The van der Waals surface area contributed by atoms with Gasteiger partial charge >= 0.3 is 11.7 Å². The molecule has 204 valence electrons. The van der Waals surface area contributed by atoms with Gasteiger partial charge in [-0.05, 0) is 39.0 Å². The number of fused-ring (bicyclic) bond motifs is 1. The van der Waals surface area contributed by atoms with E-state index in [4.69, 9.17) is 14.7 Å². The lowest BCUT2D eigenvalue weighted by atomic mass is 10.1. The largest absolute Gasteiger partial charge is 0.496 e. The van der Waals surface area contributed by atoms with Crippen LogP contribution < -0.4 is 16.0 Å². The molecule has 0 saturated carbocycles. The molecular formula is C25H25FN6O6S. The van der Waals surface area contributed by atoms with E-state index in [9.17, 15) is 23.9 Å². The summed E-state index contributed by atoms with van der Waals surface area (Å²) >= 11 is 1.07. The van der Waals surface area contributed by atoms with Crippen LogP contribution in [-0.4, -0.2) is 48.9 Å². The van der Waals surface area contributed by atoms with E-state index >= 15 is 0 Å². The molecule has 39 heavy (non-hydrogen) atoms. The maximum atomic E-state index is 14.3. The highest BCUT2D eigenvalue weighted by Gasteiger charge is 2.36. The summed E-state index contributed by atoms with van der Waals surface area (Å²) in [6.07, 6.45) is 1.94. The maximum absolute atomic E-state index is 14.3. The van der Waals surface area contributed by atoms with Gasteiger partial charge in [-0.3, -0.25) is 9.36 Å². The summed E-state index contributed by atoms with van der Waals surface area (Å²) in [6.45, 7) is 3.88. The molecule has 0 aliphatic heterocycles. The number of methoxy groups -OCH3 is 1. The molecule has 1 unspecified atom stereocenters. The minimum atomic E-state index is -1.91. The number of thiophene rings is 1. The molecule has 0 saturated heterocycles. The Balaban J connectivity index is 2.04. The summed E-state index contributed by atoms with van der Waals surface area (Å²) in [4.78, 5) is 41.3. The van der Waals surface area contributed by atoms with Gasteiger partial charge < -0.3 is 14.6 Å². The summed E-state index contributed by atoms with van der Waals surface area (Å²) in [5.41, 5.74) is -2.87. The van der Waals surface area contributed by atoms with Gasteiger partial charge in [0.15, 0.2) is 0 Å². The number of hydrogen-bond acceptors (Lipinski definition) is 9. The molecule has 1 N–H and O–H groups in total. The van der Waals surface area contributed by atoms with Crippen LogP contribution in [0.5, 0.6) is 5.75 Å². The number of benzene rings is 1. The summed E-state index contributed by atoms with van der Waals surface area (Å²) < 4.78 is 27.6. The van der Waals surface area contributed by atoms with Crippen LogP contribution in [0.2, 0.25) is 0 Å². The number of carboxylic acid groups (broad SMARTS) is 1. The van der Waals surface area contributed by atoms with Crippen molar-refractivity contribution in [1.82, 2.24) is 24.1 Å². The van der Waals surface area contributed by atoms with Gasteiger partial charge in [-0.15, -0.1) is 4.80 Å². The minimum Gasteiger partial charge on any atom is -0.496 e. The minimum absolute atomic E-state index is 0.0250. The fourth-order valence-corrected chi connectivity index (χ4v) is 5.43. The molecule has 3 heterocycles. The molecule has 0 aliphatic rings. The monoisotopic (exact) mass is 556 g/mol. The molecule has 0 fully saturated rings. The van der Waals surface area contributed by atoms with Gasteiger partial charge in [-0.25, -0.2) is 18.5 Å². The average molecular weight is 557 g/mol. The lowest BCUT2D eigenvalue weighted by Gasteiger charge is -2.25. The van der Waals surface area contributed by atoms with Gasteiger partial charge in [0.25, 0.3) is 5.56 Å². The predicted molar refractivity (Wildman–Crippen MR) is 139 cm³/mol. The molecule has 4 rings (SSSR count).